The molecule has 0 saturated carbocycles. The van der Waals surface area contributed by atoms with Crippen LogP contribution in [0.15, 0.2) is 21.9 Å². The first-order valence-electron chi connectivity index (χ1n) is 5.99. The Bertz CT molecular complexity index is 678. The van der Waals surface area contributed by atoms with Crippen LogP contribution in [0.2, 0.25) is 0 Å². The molecule has 0 radical (unpaired) electrons. The topological polar surface area (TPSA) is 151 Å². The minimum atomic E-state index is -4.68. The maximum atomic E-state index is 11.8. The number of phosphoric ester groups is 1. The van der Waals surface area contributed by atoms with E-state index in [-0.39, 0.29) is 6.42 Å². The van der Waals surface area contributed by atoms with E-state index in [1.54, 1.807) is 0 Å². The molecule has 0 bridgehead atoms. The lowest BCUT2D eigenvalue weighted by atomic mass is 10.1. The number of nitrogens with zero attached hydrogens (tertiary/aromatic N) is 1. The number of aromatic amines is 1. The van der Waals surface area contributed by atoms with Crippen LogP contribution in [-0.4, -0.2) is 43.3 Å². The summed E-state index contributed by atoms with van der Waals surface area (Å²) in [5.41, 5.74) is -2.54. The smallest absolute Gasteiger partial charge is 0.390 e. The van der Waals surface area contributed by atoms with Crippen LogP contribution in [0.4, 0.5) is 0 Å². The van der Waals surface area contributed by atoms with Crippen molar-refractivity contribution in [2.24, 2.45) is 0 Å². The predicted molar refractivity (Wildman–Crippen MR) is 68.5 cm³/mol. The third-order valence-corrected chi connectivity index (χ3v) is 3.65. The molecule has 2 heterocycles. The monoisotopic (exact) mass is 322 g/mol. The molecule has 10 nitrogen and oxygen atoms in total. The van der Waals surface area contributed by atoms with Crippen LogP contribution in [0.25, 0.3) is 0 Å². The van der Waals surface area contributed by atoms with Crippen molar-refractivity contribution in [2.75, 3.05) is 6.61 Å². The molecule has 1 fully saturated rings. The number of rotatable bonds is 4. The average molecular weight is 322 g/mol. The van der Waals surface area contributed by atoms with Gasteiger partial charge in [-0.15, -0.1) is 0 Å². The van der Waals surface area contributed by atoms with Crippen molar-refractivity contribution in [3.05, 3.63) is 33.1 Å². The lowest BCUT2D eigenvalue weighted by Gasteiger charge is -2.26. The second kappa shape index (κ2) is 5.48. The molecule has 1 aromatic rings. The highest BCUT2D eigenvalue weighted by atomic mass is 31.2. The summed E-state index contributed by atoms with van der Waals surface area (Å²) >= 11 is 0. The normalized spacial score (nSPS) is 29.7. The average Bonchev–Trinajstić information content (AvgIpc) is 2.61. The van der Waals surface area contributed by atoms with Gasteiger partial charge in [0.15, 0.2) is 0 Å². The molecule has 118 valence electrons. The van der Waals surface area contributed by atoms with E-state index in [0.717, 1.165) is 10.6 Å². The van der Waals surface area contributed by atoms with Gasteiger partial charge in [0, 0.05) is 18.7 Å². The van der Waals surface area contributed by atoms with Gasteiger partial charge in [0.1, 0.15) is 11.8 Å². The molecule has 2 rings (SSSR count). The Morgan fingerprint density at radius 1 is 1.57 bits per heavy atom. The zero-order valence-corrected chi connectivity index (χ0v) is 11.9. The van der Waals surface area contributed by atoms with Crippen molar-refractivity contribution in [3.8, 4) is 0 Å². The molecule has 1 aliphatic rings. The lowest BCUT2D eigenvalue weighted by Crippen LogP contribution is -2.42. The Hall–Kier alpha value is -1.29. The van der Waals surface area contributed by atoms with E-state index in [0.29, 0.717) is 0 Å². The van der Waals surface area contributed by atoms with Gasteiger partial charge in [-0.3, -0.25) is 18.9 Å². The first-order valence-corrected chi connectivity index (χ1v) is 7.52. The van der Waals surface area contributed by atoms with E-state index in [1.807, 2.05) is 0 Å². The van der Waals surface area contributed by atoms with Crippen molar-refractivity contribution < 1.29 is 28.7 Å². The Morgan fingerprint density at radius 3 is 2.81 bits per heavy atom. The number of phosphoric acid groups is 1. The summed E-state index contributed by atoms with van der Waals surface area (Å²) in [5, 5.41) is 9.88. The predicted octanol–water partition coefficient (Wildman–Crippen LogP) is -1.53. The number of aromatic nitrogens is 2. The number of aliphatic hydroxyl groups excluding tert-OH is 1. The van der Waals surface area contributed by atoms with Gasteiger partial charge in [-0.25, -0.2) is 9.36 Å². The van der Waals surface area contributed by atoms with Gasteiger partial charge in [0.2, 0.25) is 0 Å². The van der Waals surface area contributed by atoms with Gasteiger partial charge in [0.05, 0.1) is 12.7 Å². The maximum Gasteiger partial charge on any atom is 0.469 e. The standard InChI is InChI=1S/C10H15N2O8P/c1-10(12-3-2-8(14)11-9(12)15)4-6(13)7(20-10)5-19-21(16,17)18/h2-3,6-7,13H,4-5H2,1H3,(H,11,14,15)(H2,16,17,18)/t6-,7+,10+/m0/s1. The second-order valence-corrected chi connectivity index (χ2v) is 6.11. The second-order valence-electron chi connectivity index (χ2n) is 4.87. The van der Waals surface area contributed by atoms with E-state index in [1.165, 1.54) is 13.1 Å². The highest BCUT2D eigenvalue weighted by Gasteiger charge is 2.45. The van der Waals surface area contributed by atoms with Crippen LogP contribution in [0, 0.1) is 0 Å². The Kier molecular flexibility index (Phi) is 4.20. The third kappa shape index (κ3) is 3.67. The first-order chi connectivity index (χ1) is 9.61. The van der Waals surface area contributed by atoms with Crippen LogP contribution in [0.5, 0.6) is 0 Å². The summed E-state index contributed by atoms with van der Waals surface area (Å²) in [6.07, 6.45) is -0.879. The quantitative estimate of drug-likeness (QED) is 0.487. The molecule has 0 amide bonds. The fraction of sp³-hybridized carbons (Fsp3) is 0.600. The van der Waals surface area contributed by atoms with Gasteiger partial charge in [-0.1, -0.05) is 0 Å². The van der Waals surface area contributed by atoms with Crippen LogP contribution < -0.4 is 11.2 Å². The molecular weight excluding hydrogens is 307 g/mol. The summed E-state index contributed by atoms with van der Waals surface area (Å²) in [6.45, 7) is 0.979. The molecule has 1 saturated heterocycles. The molecule has 21 heavy (non-hydrogen) atoms. The number of nitrogens with one attached hydrogen (secondary N) is 1. The maximum absolute atomic E-state index is 11.8. The molecule has 4 N–H and O–H groups in total. The molecule has 1 aliphatic heterocycles. The van der Waals surface area contributed by atoms with E-state index in [9.17, 15) is 19.3 Å². The van der Waals surface area contributed by atoms with Gasteiger partial charge in [-0.2, -0.15) is 0 Å². The minimum Gasteiger partial charge on any atom is -0.390 e. The van der Waals surface area contributed by atoms with Crippen LogP contribution in [0.1, 0.15) is 13.3 Å². The van der Waals surface area contributed by atoms with Crippen LogP contribution >= 0.6 is 7.82 Å². The summed E-state index contributed by atoms with van der Waals surface area (Å²) in [6, 6.07) is 1.13. The summed E-state index contributed by atoms with van der Waals surface area (Å²) < 4.78 is 21.5. The van der Waals surface area contributed by atoms with Crippen LogP contribution in [0.3, 0.4) is 0 Å². The highest BCUT2D eigenvalue weighted by molar-refractivity contribution is 7.46. The molecule has 1 aromatic heterocycles. The van der Waals surface area contributed by atoms with E-state index < -0.39 is 43.6 Å². The molecule has 3 atom stereocenters. The molecule has 0 spiro atoms. The zero-order valence-electron chi connectivity index (χ0n) is 11.0. The van der Waals surface area contributed by atoms with Gasteiger partial charge in [-0.05, 0) is 6.92 Å². The summed E-state index contributed by atoms with van der Waals surface area (Å²) in [4.78, 5) is 42.1. The van der Waals surface area contributed by atoms with Gasteiger partial charge in [0.25, 0.3) is 5.56 Å². The number of aliphatic hydroxyl groups is 1. The molecule has 0 unspecified atom stereocenters. The number of H-pyrrole nitrogens is 1. The molecule has 0 aromatic carbocycles. The Morgan fingerprint density at radius 2 is 2.24 bits per heavy atom. The largest absolute Gasteiger partial charge is 0.469 e. The SMILES string of the molecule is C[C@]1(n2ccc(=O)[nH]c2=O)C[C@H](O)[C@@H](COP(=O)(O)O)O1. The van der Waals surface area contributed by atoms with Crippen LogP contribution in [-0.2, 0) is 19.6 Å². The van der Waals surface area contributed by atoms with Gasteiger partial charge < -0.3 is 19.6 Å². The lowest BCUT2D eigenvalue weighted by molar-refractivity contribution is -0.106. The fourth-order valence-corrected chi connectivity index (χ4v) is 2.57. The van der Waals surface area contributed by atoms with E-state index in [4.69, 9.17) is 14.5 Å². The highest BCUT2D eigenvalue weighted by Crippen LogP contribution is 2.39. The Balaban J connectivity index is 2.20. The fourth-order valence-electron chi connectivity index (χ4n) is 2.23. The number of hydrogen-bond donors (Lipinski definition) is 4. The first kappa shape index (κ1) is 16.1. The Labute approximate surface area is 118 Å². The van der Waals surface area contributed by atoms with Crippen molar-refractivity contribution in [1.29, 1.82) is 0 Å². The van der Waals surface area contributed by atoms with Gasteiger partial charge >= 0.3 is 13.5 Å². The molecule has 11 heteroatoms. The zero-order chi connectivity index (χ0) is 15.8. The number of ether oxygens (including phenoxy) is 1. The minimum absolute atomic E-state index is 0.00582. The van der Waals surface area contributed by atoms with Crippen molar-refractivity contribution in [2.45, 2.75) is 31.3 Å². The van der Waals surface area contributed by atoms with Crippen molar-refractivity contribution in [1.82, 2.24) is 9.55 Å². The summed E-state index contributed by atoms with van der Waals surface area (Å²) in [5.74, 6) is 0. The van der Waals surface area contributed by atoms with Crippen molar-refractivity contribution >= 4 is 7.82 Å². The van der Waals surface area contributed by atoms with E-state index >= 15 is 0 Å². The van der Waals surface area contributed by atoms with Crippen molar-refractivity contribution in [3.63, 3.8) is 0 Å². The summed E-state index contributed by atoms with van der Waals surface area (Å²) in [7, 11) is -4.68. The van der Waals surface area contributed by atoms with E-state index in [2.05, 4.69) is 9.51 Å². The third-order valence-electron chi connectivity index (χ3n) is 3.16. The number of hydrogen-bond acceptors (Lipinski definition) is 6. The molecular formula is C10H15N2O8P. The molecule has 0 aliphatic carbocycles.